The van der Waals surface area contributed by atoms with E-state index < -0.39 is 16.2 Å². The van der Waals surface area contributed by atoms with E-state index >= 15 is 0 Å². The van der Waals surface area contributed by atoms with Crippen molar-refractivity contribution in [1.29, 1.82) is 0 Å². The minimum absolute atomic E-state index is 0.192. The average Bonchev–Trinajstić information content (AvgIpc) is 2.71. The molecule has 0 unspecified atom stereocenters. The molecule has 0 aliphatic rings. The highest BCUT2D eigenvalue weighted by molar-refractivity contribution is 7.92. The number of carbonyl (C=O) groups is 3. The van der Waals surface area contributed by atoms with Crippen molar-refractivity contribution < 1.29 is 32.3 Å². The fourth-order valence-corrected chi connectivity index (χ4v) is 2.94. The zero-order valence-corrected chi connectivity index (χ0v) is 17.8. The molecule has 2 aromatic carbocycles. The topological polar surface area (TPSA) is 140 Å². The van der Waals surface area contributed by atoms with Crippen LogP contribution in [0.15, 0.2) is 48.5 Å². The minimum atomic E-state index is -3.39. The van der Waals surface area contributed by atoms with Crippen LogP contribution in [0.5, 0.6) is 5.75 Å². The van der Waals surface area contributed by atoms with Gasteiger partial charge < -0.3 is 20.1 Å². The monoisotopic (exact) mass is 449 g/mol. The van der Waals surface area contributed by atoms with Crippen LogP contribution in [0.2, 0.25) is 0 Å². The molecule has 0 aliphatic carbocycles. The molecule has 0 saturated carbocycles. The molecule has 0 radical (unpaired) electrons. The summed E-state index contributed by atoms with van der Waals surface area (Å²) >= 11 is 0. The van der Waals surface area contributed by atoms with Crippen molar-refractivity contribution in [2.45, 2.75) is 6.92 Å². The summed E-state index contributed by atoms with van der Waals surface area (Å²) < 4.78 is 34.3. The number of hydrogen-bond donors (Lipinski definition) is 3. The van der Waals surface area contributed by atoms with Gasteiger partial charge in [-0.05, 0) is 55.5 Å². The van der Waals surface area contributed by atoms with Gasteiger partial charge in [0.1, 0.15) is 5.75 Å². The van der Waals surface area contributed by atoms with Gasteiger partial charge in [0.2, 0.25) is 10.0 Å². The second-order valence-corrected chi connectivity index (χ2v) is 8.02. The van der Waals surface area contributed by atoms with Crippen LogP contribution >= 0.6 is 0 Å². The van der Waals surface area contributed by atoms with Gasteiger partial charge in [0.05, 0.1) is 12.9 Å². The summed E-state index contributed by atoms with van der Waals surface area (Å²) in [5.41, 5.74) is 1.06. The van der Waals surface area contributed by atoms with Crippen LogP contribution in [0, 0.1) is 0 Å². The number of nitrogens with one attached hydrogen (secondary N) is 3. The molecular weight excluding hydrogens is 426 g/mol. The number of anilines is 1. The Bertz CT molecular complexity index is 1020. The quantitative estimate of drug-likeness (QED) is 0.301. The van der Waals surface area contributed by atoms with Gasteiger partial charge in [-0.1, -0.05) is 0 Å². The molecule has 2 aromatic rings. The van der Waals surface area contributed by atoms with Gasteiger partial charge in [-0.3, -0.25) is 14.3 Å². The number of benzene rings is 2. The fourth-order valence-electron chi connectivity index (χ4n) is 2.38. The molecule has 2 amide bonds. The molecule has 3 N–H and O–H groups in total. The molecule has 0 aromatic heterocycles. The molecule has 0 saturated heterocycles. The maximum atomic E-state index is 12.1. The molecule has 0 heterocycles. The molecule has 11 heteroatoms. The number of rotatable bonds is 9. The van der Waals surface area contributed by atoms with Crippen molar-refractivity contribution in [3.63, 3.8) is 0 Å². The van der Waals surface area contributed by atoms with E-state index in [1.54, 1.807) is 6.92 Å². The van der Waals surface area contributed by atoms with E-state index in [1.165, 1.54) is 48.5 Å². The van der Waals surface area contributed by atoms with Crippen molar-refractivity contribution >= 4 is 33.7 Å². The Kier molecular flexibility index (Phi) is 8.38. The van der Waals surface area contributed by atoms with Gasteiger partial charge in [-0.15, -0.1) is 0 Å². The third-order valence-corrected chi connectivity index (χ3v) is 4.33. The fraction of sp³-hybridized carbons (Fsp3) is 0.250. The maximum absolute atomic E-state index is 12.1. The third kappa shape index (κ3) is 8.34. The number of amides is 2. The zero-order valence-electron chi connectivity index (χ0n) is 17.0. The Labute approximate surface area is 180 Å². The van der Waals surface area contributed by atoms with Gasteiger partial charge in [0.15, 0.2) is 0 Å². The predicted molar refractivity (Wildman–Crippen MR) is 114 cm³/mol. The molecular formula is C20H23N3O7S. The third-order valence-electron chi connectivity index (χ3n) is 3.73. The SMILES string of the molecule is CCOC(=O)Oc1ccc(C(=O)NCCNC(=O)c2ccc(NS(C)(=O)=O)cc2)cc1. The Morgan fingerprint density at radius 3 is 1.77 bits per heavy atom. The lowest BCUT2D eigenvalue weighted by Crippen LogP contribution is -2.34. The standard InChI is InChI=1S/C20H23N3O7S/c1-3-29-20(26)30-17-10-6-15(7-11-17)19(25)22-13-12-21-18(24)14-4-8-16(9-5-14)23-31(2,27)28/h4-11,23H,3,12-13H2,1-2H3,(H,21,24)(H,22,25). The van der Waals surface area contributed by atoms with Crippen molar-refractivity contribution in [3.8, 4) is 5.75 Å². The Balaban J connectivity index is 1.76. The normalized spacial score (nSPS) is 10.6. The summed E-state index contributed by atoms with van der Waals surface area (Å²) in [7, 11) is -3.39. The summed E-state index contributed by atoms with van der Waals surface area (Å²) in [4.78, 5) is 35.5. The van der Waals surface area contributed by atoms with E-state index in [-0.39, 0.29) is 37.3 Å². The summed E-state index contributed by atoms with van der Waals surface area (Å²) in [6, 6.07) is 11.9. The first-order chi connectivity index (χ1) is 14.7. The minimum Gasteiger partial charge on any atom is -0.434 e. The first-order valence-corrected chi connectivity index (χ1v) is 11.2. The van der Waals surface area contributed by atoms with Crippen LogP contribution in [0.4, 0.5) is 10.5 Å². The van der Waals surface area contributed by atoms with Gasteiger partial charge in [0, 0.05) is 29.9 Å². The summed E-state index contributed by atoms with van der Waals surface area (Å²) in [6.07, 6.45) is 0.213. The molecule has 0 fully saturated rings. The van der Waals surface area contributed by atoms with Crippen LogP contribution in [0.3, 0.4) is 0 Å². The Morgan fingerprint density at radius 1 is 0.839 bits per heavy atom. The van der Waals surface area contributed by atoms with Crippen LogP contribution in [-0.2, 0) is 14.8 Å². The van der Waals surface area contributed by atoms with Gasteiger partial charge in [0.25, 0.3) is 11.8 Å². The van der Waals surface area contributed by atoms with E-state index in [1.807, 2.05) is 0 Å². The van der Waals surface area contributed by atoms with Crippen LogP contribution in [-0.4, -0.2) is 52.3 Å². The first kappa shape index (κ1) is 23.7. The lowest BCUT2D eigenvalue weighted by Gasteiger charge is -2.09. The van der Waals surface area contributed by atoms with Crippen molar-refractivity contribution in [3.05, 3.63) is 59.7 Å². The van der Waals surface area contributed by atoms with Crippen molar-refractivity contribution in [1.82, 2.24) is 10.6 Å². The Hall–Kier alpha value is -3.60. The molecule has 2 rings (SSSR count). The Morgan fingerprint density at radius 2 is 1.32 bits per heavy atom. The molecule has 0 spiro atoms. The second kappa shape index (κ2) is 11.0. The summed E-state index contributed by atoms with van der Waals surface area (Å²) in [5.74, 6) is -0.464. The molecule has 10 nitrogen and oxygen atoms in total. The number of ether oxygens (including phenoxy) is 2. The lowest BCUT2D eigenvalue weighted by molar-refractivity contribution is 0.0927. The molecule has 0 aliphatic heterocycles. The van der Waals surface area contributed by atoms with Crippen molar-refractivity contribution in [2.75, 3.05) is 30.7 Å². The van der Waals surface area contributed by atoms with Gasteiger partial charge >= 0.3 is 6.16 Å². The lowest BCUT2D eigenvalue weighted by atomic mass is 10.2. The van der Waals surface area contributed by atoms with Gasteiger partial charge in [-0.25, -0.2) is 13.2 Å². The van der Waals surface area contributed by atoms with E-state index in [4.69, 9.17) is 4.74 Å². The average molecular weight is 449 g/mol. The number of sulfonamides is 1. The van der Waals surface area contributed by atoms with E-state index in [0.29, 0.717) is 16.8 Å². The highest BCUT2D eigenvalue weighted by atomic mass is 32.2. The number of hydrogen-bond acceptors (Lipinski definition) is 7. The van der Waals surface area contributed by atoms with Crippen LogP contribution in [0.25, 0.3) is 0 Å². The summed E-state index contributed by atoms with van der Waals surface area (Å²) in [5, 5.41) is 5.31. The second-order valence-electron chi connectivity index (χ2n) is 6.27. The zero-order chi connectivity index (χ0) is 22.9. The largest absolute Gasteiger partial charge is 0.513 e. The van der Waals surface area contributed by atoms with E-state index in [2.05, 4.69) is 20.1 Å². The van der Waals surface area contributed by atoms with E-state index in [0.717, 1.165) is 6.26 Å². The highest BCUT2D eigenvalue weighted by Gasteiger charge is 2.09. The van der Waals surface area contributed by atoms with Crippen molar-refractivity contribution in [2.24, 2.45) is 0 Å². The molecule has 0 atom stereocenters. The molecule has 0 bridgehead atoms. The van der Waals surface area contributed by atoms with Crippen LogP contribution in [0.1, 0.15) is 27.6 Å². The summed E-state index contributed by atoms with van der Waals surface area (Å²) in [6.45, 7) is 2.24. The first-order valence-electron chi connectivity index (χ1n) is 9.27. The molecule has 166 valence electrons. The number of carbonyl (C=O) groups excluding carboxylic acids is 3. The van der Waals surface area contributed by atoms with Crippen LogP contribution < -0.4 is 20.1 Å². The van der Waals surface area contributed by atoms with Gasteiger partial charge in [-0.2, -0.15) is 0 Å². The smallest absolute Gasteiger partial charge is 0.434 e. The van der Waals surface area contributed by atoms with E-state index in [9.17, 15) is 22.8 Å². The predicted octanol–water partition coefficient (Wildman–Crippen LogP) is 1.75. The highest BCUT2D eigenvalue weighted by Crippen LogP contribution is 2.13. The molecule has 31 heavy (non-hydrogen) atoms. The maximum Gasteiger partial charge on any atom is 0.513 e.